The van der Waals surface area contributed by atoms with Crippen LogP contribution in [0.25, 0.3) is 11.0 Å². The average Bonchev–Trinajstić information content (AvgIpc) is 3.27. The lowest BCUT2D eigenvalue weighted by Gasteiger charge is -2.10. The summed E-state index contributed by atoms with van der Waals surface area (Å²) in [6.07, 6.45) is 4.42. The van der Waals surface area contributed by atoms with Gasteiger partial charge in [0.25, 0.3) is 5.91 Å². The molecule has 0 spiro atoms. The van der Waals surface area contributed by atoms with Gasteiger partial charge in [0.2, 0.25) is 0 Å². The number of carbonyl (C=O) groups is 1. The number of nitrogens with one attached hydrogen (secondary N) is 1. The van der Waals surface area contributed by atoms with Gasteiger partial charge in [-0.3, -0.25) is 9.78 Å². The zero-order valence-corrected chi connectivity index (χ0v) is 22.1. The Morgan fingerprint density at radius 2 is 1.62 bits per heavy atom. The van der Waals surface area contributed by atoms with Gasteiger partial charge in [-0.25, -0.2) is 4.98 Å². The van der Waals surface area contributed by atoms with Crippen molar-refractivity contribution in [2.75, 3.05) is 6.54 Å². The van der Waals surface area contributed by atoms with E-state index in [0.717, 1.165) is 38.9 Å². The van der Waals surface area contributed by atoms with E-state index in [1.807, 2.05) is 60.8 Å². The van der Waals surface area contributed by atoms with Crippen LogP contribution in [0.1, 0.15) is 32.6 Å². The number of hydrogen-bond donors (Lipinski definition) is 1. The van der Waals surface area contributed by atoms with Gasteiger partial charge >= 0.3 is 0 Å². The van der Waals surface area contributed by atoms with Gasteiger partial charge in [-0.1, -0.05) is 77.5 Å². The highest BCUT2D eigenvalue weighted by Crippen LogP contribution is 2.28. The monoisotopic (exact) mass is 526 g/mol. The quantitative estimate of drug-likeness (QED) is 0.217. The lowest BCUT2D eigenvalue weighted by atomic mass is 10.1. The molecular formula is C30H27ClN4OS. The molecular weight excluding hydrogens is 500 g/mol. The van der Waals surface area contributed by atoms with E-state index in [1.165, 1.54) is 16.7 Å². The minimum Gasteiger partial charge on any atom is -0.352 e. The second-order valence-electron chi connectivity index (χ2n) is 8.95. The third kappa shape index (κ3) is 6.40. The van der Waals surface area contributed by atoms with Crippen LogP contribution in [0, 0.1) is 6.92 Å². The van der Waals surface area contributed by atoms with Crippen molar-refractivity contribution in [3.05, 3.63) is 124 Å². The molecule has 5 nitrogen and oxygen atoms in total. The van der Waals surface area contributed by atoms with Crippen molar-refractivity contribution >= 4 is 40.3 Å². The zero-order chi connectivity index (χ0) is 25.6. The standard InChI is InChI=1S/C30H27ClN4OS/c1-21-2-4-22(5-3-21)14-17-33-29(36)25-10-6-23(7-11-25)19-35-28-18-32-16-15-27(28)34-30(35)37-20-24-8-12-26(31)13-9-24/h2-13,15-16,18H,14,17,19-20H2,1H3,(H,33,36). The van der Waals surface area contributed by atoms with E-state index < -0.39 is 0 Å². The van der Waals surface area contributed by atoms with E-state index in [9.17, 15) is 4.79 Å². The zero-order valence-electron chi connectivity index (χ0n) is 20.5. The summed E-state index contributed by atoms with van der Waals surface area (Å²) in [4.78, 5) is 21.8. The van der Waals surface area contributed by atoms with Crippen LogP contribution < -0.4 is 5.32 Å². The fraction of sp³-hybridized carbons (Fsp3) is 0.167. The molecule has 0 radical (unpaired) electrons. The topological polar surface area (TPSA) is 59.8 Å². The van der Waals surface area contributed by atoms with Crippen LogP contribution in [0.4, 0.5) is 0 Å². The summed E-state index contributed by atoms with van der Waals surface area (Å²) in [5, 5.41) is 4.68. The summed E-state index contributed by atoms with van der Waals surface area (Å²) in [5.41, 5.74) is 7.28. The van der Waals surface area contributed by atoms with Crippen molar-refractivity contribution in [2.24, 2.45) is 0 Å². The molecule has 0 saturated heterocycles. The number of fused-ring (bicyclic) bond motifs is 1. The highest BCUT2D eigenvalue weighted by atomic mass is 35.5. The largest absolute Gasteiger partial charge is 0.352 e. The number of aryl methyl sites for hydroxylation is 1. The van der Waals surface area contributed by atoms with Gasteiger partial charge in [0.1, 0.15) is 0 Å². The Morgan fingerprint density at radius 3 is 2.38 bits per heavy atom. The van der Waals surface area contributed by atoms with E-state index >= 15 is 0 Å². The number of amides is 1. The van der Waals surface area contributed by atoms with Crippen LogP contribution in [0.15, 0.2) is 96.4 Å². The molecule has 0 atom stereocenters. The van der Waals surface area contributed by atoms with Crippen molar-refractivity contribution in [1.29, 1.82) is 0 Å². The fourth-order valence-electron chi connectivity index (χ4n) is 4.06. The number of pyridine rings is 1. The predicted molar refractivity (Wildman–Crippen MR) is 151 cm³/mol. The maximum Gasteiger partial charge on any atom is 0.251 e. The molecule has 5 rings (SSSR count). The molecule has 0 saturated carbocycles. The van der Waals surface area contributed by atoms with Crippen molar-refractivity contribution in [3.63, 3.8) is 0 Å². The molecule has 3 aromatic carbocycles. The fourth-order valence-corrected chi connectivity index (χ4v) is 5.16. The first-order chi connectivity index (χ1) is 18.0. The second-order valence-corrected chi connectivity index (χ2v) is 10.3. The number of rotatable bonds is 9. The highest BCUT2D eigenvalue weighted by Gasteiger charge is 2.13. The molecule has 2 heterocycles. The summed E-state index contributed by atoms with van der Waals surface area (Å²) in [5.74, 6) is 0.727. The van der Waals surface area contributed by atoms with Crippen molar-refractivity contribution in [3.8, 4) is 0 Å². The predicted octanol–water partition coefficient (Wildman–Crippen LogP) is 6.71. The van der Waals surface area contributed by atoms with Gasteiger partial charge in [0.05, 0.1) is 23.8 Å². The maximum atomic E-state index is 12.6. The average molecular weight is 527 g/mol. The number of halogens is 1. The SMILES string of the molecule is Cc1ccc(CCNC(=O)c2ccc(Cn3c(SCc4ccc(Cl)cc4)nc4ccncc43)cc2)cc1. The number of carbonyl (C=O) groups excluding carboxylic acids is 1. The third-order valence-electron chi connectivity index (χ3n) is 6.17. The molecule has 1 N–H and O–H groups in total. The Bertz CT molecular complexity index is 1500. The van der Waals surface area contributed by atoms with Crippen LogP contribution in [0.2, 0.25) is 5.02 Å². The van der Waals surface area contributed by atoms with Gasteiger partial charge < -0.3 is 9.88 Å². The van der Waals surface area contributed by atoms with E-state index in [1.54, 1.807) is 18.0 Å². The summed E-state index contributed by atoms with van der Waals surface area (Å²) in [6.45, 7) is 3.31. The normalized spacial score (nSPS) is 11.1. The van der Waals surface area contributed by atoms with Crippen molar-refractivity contribution in [2.45, 2.75) is 30.8 Å². The van der Waals surface area contributed by atoms with Gasteiger partial charge in [-0.15, -0.1) is 0 Å². The number of nitrogens with zero attached hydrogens (tertiary/aromatic N) is 3. The van der Waals surface area contributed by atoms with E-state index in [4.69, 9.17) is 16.6 Å². The number of aromatic nitrogens is 3. The molecule has 0 bridgehead atoms. The first-order valence-corrected chi connectivity index (χ1v) is 13.5. The summed E-state index contributed by atoms with van der Waals surface area (Å²) >= 11 is 7.71. The minimum absolute atomic E-state index is 0.0600. The molecule has 0 unspecified atom stereocenters. The van der Waals surface area contributed by atoms with Crippen LogP contribution in [-0.2, 0) is 18.7 Å². The maximum absolute atomic E-state index is 12.6. The summed E-state index contributed by atoms with van der Waals surface area (Å²) in [7, 11) is 0. The van der Waals surface area contributed by atoms with Gasteiger partial charge in [0, 0.05) is 29.1 Å². The third-order valence-corrected chi connectivity index (χ3v) is 7.47. The second kappa shape index (κ2) is 11.6. The smallest absolute Gasteiger partial charge is 0.251 e. The molecule has 186 valence electrons. The lowest BCUT2D eigenvalue weighted by molar-refractivity contribution is 0.0954. The van der Waals surface area contributed by atoms with Crippen LogP contribution >= 0.6 is 23.4 Å². The first kappa shape index (κ1) is 25.1. The molecule has 0 fully saturated rings. The lowest BCUT2D eigenvalue weighted by Crippen LogP contribution is -2.25. The Labute approximate surface area is 225 Å². The van der Waals surface area contributed by atoms with Crippen molar-refractivity contribution < 1.29 is 4.79 Å². The molecule has 7 heteroatoms. The molecule has 0 aliphatic rings. The molecule has 5 aromatic rings. The van der Waals surface area contributed by atoms with Gasteiger partial charge in [-0.05, 0) is 60.4 Å². The molecule has 0 aliphatic heterocycles. The Hall–Kier alpha value is -3.61. The highest BCUT2D eigenvalue weighted by molar-refractivity contribution is 7.98. The molecule has 1 amide bonds. The Balaban J connectivity index is 1.25. The number of benzene rings is 3. The molecule has 37 heavy (non-hydrogen) atoms. The Morgan fingerprint density at radius 1 is 0.919 bits per heavy atom. The van der Waals surface area contributed by atoms with Crippen LogP contribution in [0.5, 0.6) is 0 Å². The minimum atomic E-state index is -0.0600. The summed E-state index contributed by atoms with van der Waals surface area (Å²) < 4.78 is 2.18. The van der Waals surface area contributed by atoms with E-state index in [0.29, 0.717) is 18.7 Å². The van der Waals surface area contributed by atoms with Gasteiger partial charge in [-0.2, -0.15) is 0 Å². The number of thioether (sulfide) groups is 1. The molecule has 0 aliphatic carbocycles. The summed E-state index contributed by atoms with van der Waals surface area (Å²) in [6, 6.07) is 26.0. The van der Waals surface area contributed by atoms with Crippen LogP contribution in [-0.4, -0.2) is 27.0 Å². The first-order valence-electron chi connectivity index (χ1n) is 12.2. The number of hydrogen-bond acceptors (Lipinski definition) is 4. The Kier molecular flexibility index (Phi) is 7.87. The van der Waals surface area contributed by atoms with E-state index in [-0.39, 0.29) is 5.91 Å². The van der Waals surface area contributed by atoms with Crippen LogP contribution in [0.3, 0.4) is 0 Å². The molecule has 2 aromatic heterocycles. The van der Waals surface area contributed by atoms with E-state index in [2.05, 4.69) is 46.1 Å². The van der Waals surface area contributed by atoms with Crippen molar-refractivity contribution in [1.82, 2.24) is 19.9 Å². The number of imidazole rings is 1. The van der Waals surface area contributed by atoms with Gasteiger partial charge in [0.15, 0.2) is 5.16 Å².